The van der Waals surface area contributed by atoms with Crippen LogP contribution < -0.4 is 14.4 Å². The molecule has 0 unspecified atom stereocenters. The highest BCUT2D eigenvalue weighted by Gasteiger charge is 2.48. The zero-order valence-corrected chi connectivity index (χ0v) is 22.1. The van der Waals surface area contributed by atoms with Gasteiger partial charge in [-0.1, -0.05) is 29.5 Å². The highest BCUT2D eigenvalue weighted by atomic mass is 32.1. The van der Waals surface area contributed by atoms with Crippen molar-refractivity contribution in [3.8, 4) is 11.5 Å². The molecule has 0 saturated carbocycles. The van der Waals surface area contributed by atoms with Crippen LogP contribution >= 0.6 is 11.3 Å². The third kappa shape index (κ3) is 4.60. The van der Waals surface area contributed by atoms with E-state index >= 15 is 0 Å². The lowest BCUT2D eigenvalue weighted by molar-refractivity contribution is -0.132. The molecule has 1 aliphatic heterocycles. The summed E-state index contributed by atoms with van der Waals surface area (Å²) in [5, 5.41) is 11.3. The minimum absolute atomic E-state index is 0.0270. The molecule has 3 aromatic rings. The van der Waals surface area contributed by atoms with Crippen molar-refractivity contribution in [2.24, 2.45) is 0 Å². The third-order valence-corrected chi connectivity index (χ3v) is 7.20. The Morgan fingerprint density at radius 2 is 1.82 bits per heavy atom. The molecule has 1 aromatic heterocycles. The number of esters is 1. The van der Waals surface area contributed by atoms with Crippen LogP contribution in [-0.4, -0.2) is 48.6 Å². The van der Waals surface area contributed by atoms with Gasteiger partial charge in [0.05, 0.1) is 38.1 Å². The molecule has 11 heteroatoms. The number of carbonyl (C=O) groups excluding carboxylic acids is 3. The fourth-order valence-corrected chi connectivity index (χ4v) is 5.12. The summed E-state index contributed by atoms with van der Waals surface area (Å²) in [5.74, 6) is -2.98. The average Bonchev–Trinajstić information content (AvgIpc) is 3.41. The first-order valence-corrected chi connectivity index (χ1v) is 12.4. The molecule has 2 aromatic carbocycles. The fraction of sp³-hybridized carbons (Fsp3) is 0.259. The van der Waals surface area contributed by atoms with E-state index in [1.54, 1.807) is 39.0 Å². The zero-order chi connectivity index (χ0) is 27.7. The van der Waals surface area contributed by atoms with E-state index in [1.165, 1.54) is 26.4 Å². The molecule has 9 nitrogen and oxygen atoms in total. The van der Waals surface area contributed by atoms with Gasteiger partial charge < -0.3 is 19.3 Å². The second kappa shape index (κ2) is 10.6. The lowest BCUT2D eigenvalue weighted by Crippen LogP contribution is -2.29. The van der Waals surface area contributed by atoms with Gasteiger partial charge in [0.15, 0.2) is 16.6 Å². The number of rotatable bonds is 7. The summed E-state index contributed by atoms with van der Waals surface area (Å²) in [5.41, 5.74) is 0.817. The molecule has 1 atom stereocenters. The Bertz CT molecular complexity index is 1480. The van der Waals surface area contributed by atoms with Crippen LogP contribution in [0.2, 0.25) is 0 Å². The molecule has 0 spiro atoms. The standard InChI is InChI=1S/C27H25FN2O7S/c1-6-37-26(34)24-14(3)29-27(38-24)30-21(15-9-10-18(35-4)19(12-15)36-5)20(23(32)25(30)33)22(31)16-8-7-13(2)17(28)11-16/h7-12,21,31H,6H2,1-5H3/t21-/m1/s1. The Hall–Kier alpha value is -4.25. The molecule has 1 N–H and O–H groups in total. The van der Waals surface area contributed by atoms with Crippen molar-refractivity contribution in [1.82, 2.24) is 4.98 Å². The highest BCUT2D eigenvalue weighted by Crippen LogP contribution is 2.45. The second-order valence-electron chi connectivity index (χ2n) is 8.38. The topological polar surface area (TPSA) is 115 Å². The molecule has 0 radical (unpaired) electrons. The van der Waals surface area contributed by atoms with Gasteiger partial charge in [-0.3, -0.25) is 14.5 Å². The molecule has 1 fully saturated rings. The summed E-state index contributed by atoms with van der Waals surface area (Å²) < 4.78 is 30.1. The molecule has 1 aliphatic rings. The quantitative estimate of drug-likeness (QED) is 0.198. The number of hydrogen-bond donors (Lipinski definition) is 1. The number of anilines is 1. The van der Waals surface area contributed by atoms with Crippen LogP contribution in [0, 0.1) is 19.7 Å². The van der Waals surface area contributed by atoms with E-state index in [1.807, 2.05) is 0 Å². The number of aliphatic hydroxyl groups is 1. The predicted octanol–water partition coefficient (Wildman–Crippen LogP) is 4.72. The minimum Gasteiger partial charge on any atom is -0.507 e. The number of hydrogen-bond acceptors (Lipinski definition) is 9. The van der Waals surface area contributed by atoms with Gasteiger partial charge in [0.1, 0.15) is 16.5 Å². The summed E-state index contributed by atoms with van der Waals surface area (Å²) in [6.07, 6.45) is 0. The smallest absolute Gasteiger partial charge is 0.350 e. The first kappa shape index (κ1) is 26.8. The number of nitrogens with zero attached hydrogens (tertiary/aromatic N) is 2. The van der Waals surface area contributed by atoms with Crippen molar-refractivity contribution in [2.45, 2.75) is 26.8 Å². The number of ether oxygens (including phenoxy) is 3. The number of Topliss-reactive ketones (excluding diaryl/α,β-unsaturated/α-hetero) is 1. The number of benzene rings is 2. The molecular formula is C27H25FN2O7S. The van der Waals surface area contributed by atoms with Gasteiger partial charge in [-0.15, -0.1) is 0 Å². The summed E-state index contributed by atoms with van der Waals surface area (Å²) in [6.45, 7) is 4.96. The third-order valence-electron chi connectivity index (χ3n) is 6.07. The summed E-state index contributed by atoms with van der Waals surface area (Å²) >= 11 is 0.888. The van der Waals surface area contributed by atoms with E-state index in [4.69, 9.17) is 14.2 Å². The van der Waals surface area contributed by atoms with Crippen molar-refractivity contribution in [3.05, 3.63) is 75.0 Å². The molecule has 4 rings (SSSR count). The highest BCUT2D eigenvalue weighted by molar-refractivity contribution is 7.17. The monoisotopic (exact) mass is 540 g/mol. The summed E-state index contributed by atoms with van der Waals surface area (Å²) in [7, 11) is 2.90. The fourth-order valence-electron chi connectivity index (χ4n) is 4.14. The van der Waals surface area contributed by atoms with Gasteiger partial charge >= 0.3 is 11.9 Å². The van der Waals surface area contributed by atoms with Crippen LogP contribution in [0.25, 0.3) is 5.76 Å². The Morgan fingerprint density at radius 3 is 2.45 bits per heavy atom. The van der Waals surface area contributed by atoms with Gasteiger partial charge in [0.2, 0.25) is 0 Å². The maximum absolute atomic E-state index is 14.4. The van der Waals surface area contributed by atoms with Crippen LogP contribution in [0.15, 0.2) is 42.0 Å². The van der Waals surface area contributed by atoms with Crippen molar-refractivity contribution in [2.75, 3.05) is 25.7 Å². The molecular weight excluding hydrogens is 515 g/mol. The zero-order valence-electron chi connectivity index (χ0n) is 21.3. The minimum atomic E-state index is -1.17. The van der Waals surface area contributed by atoms with E-state index in [0.29, 0.717) is 28.3 Å². The number of thiazole rings is 1. The Morgan fingerprint density at radius 1 is 1.11 bits per heavy atom. The van der Waals surface area contributed by atoms with Gasteiger partial charge in [-0.05, 0) is 50.1 Å². The van der Waals surface area contributed by atoms with Crippen LogP contribution in [0.5, 0.6) is 11.5 Å². The van der Waals surface area contributed by atoms with Crippen LogP contribution in [-0.2, 0) is 14.3 Å². The molecule has 0 aliphatic carbocycles. The van der Waals surface area contributed by atoms with Crippen LogP contribution in [0.4, 0.5) is 9.52 Å². The van der Waals surface area contributed by atoms with Crippen molar-refractivity contribution < 1.29 is 38.1 Å². The molecule has 1 amide bonds. The van der Waals surface area contributed by atoms with E-state index in [9.17, 15) is 23.9 Å². The van der Waals surface area contributed by atoms with Gasteiger partial charge in [-0.2, -0.15) is 0 Å². The van der Waals surface area contributed by atoms with Crippen molar-refractivity contribution >= 4 is 39.9 Å². The lowest BCUT2D eigenvalue weighted by Gasteiger charge is -2.23. The molecule has 198 valence electrons. The van der Waals surface area contributed by atoms with E-state index in [-0.39, 0.29) is 27.8 Å². The van der Waals surface area contributed by atoms with E-state index in [0.717, 1.165) is 22.3 Å². The average molecular weight is 541 g/mol. The van der Waals surface area contributed by atoms with Crippen molar-refractivity contribution in [1.29, 1.82) is 0 Å². The lowest BCUT2D eigenvalue weighted by atomic mass is 9.94. The van der Waals surface area contributed by atoms with Crippen LogP contribution in [0.1, 0.15) is 45.0 Å². The number of halogens is 1. The molecule has 2 heterocycles. The number of ketones is 1. The Balaban J connectivity index is 1.96. The second-order valence-corrected chi connectivity index (χ2v) is 9.36. The number of carbonyl (C=O) groups is 3. The normalized spacial score (nSPS) is 16.6. The first-order chi connectivity index (χ1) is 18.1. The SMILES string of the molecule is CCOC(=O)c1sc(N2C(=O)C(=O)C(=C(O)c3ccc(C)c(F)c3)[C@H]2c2ccc(OC)c(OC)c2)nc1C. The van der Waals surface area contributed by atoms with Crippen molar-refractivity contribution in [3.63, 3.8) is 0 Å². The maximum Gasteiger partial charge on any atom is 0.350 e. The maximum atomic E-state index is 14.4. The summed E-state index contributed by atoms with van der Waals surface area (Å²) in [4.78, 5) is 44.9. The van der Waals surface area contributed by atoms with Crippen LogP contribution in [0.3, 0.4) is 0 Å². The van der Waals surface area contributed by atoms with Gasteiger partial charge in [0, 0.05) is 5.56 Å². The Labute approximate surface area is 222 Å². The predicted molar refractivity (Wildman–Crippen MR) is 138 cm³/mol. The number of aromatic nitrogens is 1. The summed E-state index contributed by atoms with van der Waals surface area (Å²) in [6, 6.07) is 7.62. The molecule has 0 bridgehead atoms. The Kier molecular flexibility index (Phi) is 7.49. The van der Waals surface area contributed by atoms with E-state index < -0.39 is 35.3 Å². The number of aryl methyl sites for hydroxylation is 2. The molecule has 1 saturated heterocycles. The number of amides is 1. The number of aliphatic hydroxyl groups excluding tert-OH is 1. The van der Waals surface area contributed by atoms with Gasteiger partial charge in [0.25, 0.3) is 5.78 Å². The largest absolute Gasteiger partial charge is 0.507 e. The molecule has 38 heavy (non-hydrogen) atoms. The van der Waals surface area contributed by atoms with Gasteiger partial charge in [-0.25, -0.2) is 14.2 Å². The first-order valence-electron chi connectivity index (χ1n) is 11.6. The number of methoxy groups -OCH3 is 2. The van der Waals surface area contributed by atoms with E-state index in [2.05, 4.69) is 4.98 Å².